The maximum atomic E-state index is 13.4. The monoisotopic (exact) mass is 482 g/mol. The number of amides is 2. The molecule has 4 aromatic rings. The van der Waals surface area contributed by atoms with Crippen molar-refractivity contribution in [2.24, 2.45) is 0 Å². The topological polar surface area (TPSA) is 89.7 Å². The van der Waals surface area contributed by atoms with Gasteiger partial charge in [0.15, 0.2) is 11.5 Å². The lowest BCUT2D eigenvalue weighted by Crippen LogP contribution is -2.46. The fraction of sp³-hybridized carbons (Fsp3) is 0.179. The summed E-state index contributed by atoms with van der Waals surface area (Å²) in [4.78, 5) is 19.7. The second-order valence-electron chi connectivity index (χ2n) is 8.46. The van der Waals surface area contributed by atoms with Crippen molar-refractivity contribution in [1.82, 2.24) is 15.5 Å². The highest BCUT2D eigenvalue weighted by atomic mass is 16.5. The van der Waals surface area contributed by atoms with Gasteiger partial charge in [-0.25, -0.2) is 4.79 Å². The molecular formula is C28H26N4O4. The number of hydrogen-bond acceptors (Lipinski definition) is 6. The SMILES string of the molecule is COc1ccc(C2NC(=O)N(c3ccccc3)C(C)=C2c2nc(-c3cccc(C)c3)no2)cc1OC. The second kappa shape index (κ2) is 9.58. The van der Waals surface area contributed by atoms with E-state index in [0.717, 1.165) is 22.4 Å². The number of ether oxygens (including phenoxy) is 2. The minimum absolute atomic E-state index is 0.263. The number of anilines is 1. The van der Waals surface area contributed by atoms with E-state index in [1.807, 2.05) is 86.6 Å². The van der Waals surface area contributed by atoms with E-state index in [4.69, 9.17) is 19.0 Å². The Balaban J connectivity index is 1.66. The normalized spacial score (nSPS) is 15.6. The molecule has 0 fully saturated rings. The third-order valence-corrected chi connectivity index (χ3v) is 6.17. The summed E-state index contributed by atoms with van der Waals surface area (Å²) in [5.74, 6) is 1.95. The van der Waals surface area contributed by atoms with Crippen LogP contribution >= 0.6 is 0 Å². The van der Waals surface area contributed by atoms with Crippen LogP contribution in [0.25, 0.3) is 17.0 Å². The van der Waals surface area contributed by atoms with E-state index >= 15 is 0 Å². The van der Waals surface area contributed by atoms with Gasteiger partial charge in [0, 0.05) is 11.3 Å². The average molecular weight is 483 g/mol. The molecule has 5 rings (SSSR count). The number of carbonyl (C=O) groups is 1. The van der Waals surface area contributed by atoms with Crippen molar-refractivity contribution in [3.63, 3.8) is 0 Å². The van der Waals surface area contributed by atoms with Crippen molar-refractivity contribution >= 4 is 17.3 Å². The number of para-hydroxylation sites is 1. The molecule has 1 aliphatic rings. The number of nitrogens with one attached hydrogen (secondary N) is 1. The third kappa shape index (κ3) is 4.17. The molecule has 8 nitrogen and oxygen atoms in total. The summed E-state index contributed by atoms with van der Waals surface area (Å²) >= 11 is 0. The molecule has 3 aromatic carbocycles. The lowest BCUT2D eigenvalue weighted by atomic mass is 9.94. The molecule has 1 aliphatic heterocycles. The van der Waals surface area contributed by atoms with Crippen molar-refractivity contribution in [1.29, 1.82) is 0 Å². The van der Waals surface area contributed by atoms with Gasteiger partial charge >= 0.3 is 6.03 Å². The summed E-state index contributed by atoms with van der Waals surface area (Å²) in [5.41, 5.74) is 4.84. The minimum Gasteiger partial charge on any atom is -0.493 e. The predicted octanol–water partition coefficient (Wildman–Crippen LogP) is 5.76. The predicted molar refractivity (Wildman–Crippen MR) is 137 cm³/mol. The highest BCUT2D eigenvalue weighted by Crippen LogP contribution is 2.41. The molecule has 182 valence electrons. The molecule has 1 N–H and O–H groups in total. The minimum atomic E-state index is -0.553. The molecule has 0 radical (unpaired) electrons. The van der Waals surface area contributed by atoms with Crippen LogP contribution in [-0.2, 0) is 0 Å². The van der Waals surface area contributed by atoms with Gasteiger partial charge in [0.25, 0.3) is 5.89 Å². The zero-order valence-electron chi connectivity index (χ0n) is 20.5. The Kier molecular flexibility index (Phi) is 6.16. The van der Waals surface area contributed by atoms with E-state index in [-0.39, 0.29) is 6.03 Å². The van der Waals surface area contributed by atoms with Crippen LogP contribution in [0.5, 0.6) is 11.5 Å². The van der Waals surface area contributed by atoms with Crippen LogP contribution in [0.2, 0.25) is 0 Å². The first-order valence-electron chi connectivity index (χ1n) is 11.5. The van der Waals surface area contributed by atoms with E-state index in [2.05, 4.69) is 10.5 Å². The second-order valence-corrected chi connectivity index (χ2v) is 8.46. The van der Waals surface area contributed by atoms with Crippen LogP contribution in [-0.4, -0.2) is 30.4 Å². The van der Waals surface area contributed by atoms with Crippen LogP contribution in [0.15, 0.2) is 83.0 Å². The van der Waals surface area contributed by atoms with Gasteiger partial charge in [-0.15, -0.1) is 0 Å². The van der Waals surface area contributed by atoms with Crippen molar-refractivity contribution < 1.29 is 18.8 Å². The Morgan fingerprint density at radius 3 is 2.42 bits per heavy atom. The smallest absolute Gasteiger partial charge is 0.326 e. The molecular weight excluding hydrogens is 456 g/mol. The Bertz CT molecular complexity index is 1440. The first kappa shape index (κ1) is 23.2. The van der Waals surface area contributed by atoms with E-state index in [9.17, 15) is 4.79 Å². The molecule has 1 atom stereocenters. The number of hydrogen-bond donors (Lipinski definition) is 1. The summed E-state index contributed by atoms with van der Waals surface area (Å²) in [6, 6.07) is 22.1. The fourth-order valence-electron chi connectivity index (χ4n) is 4.42. The zero-order valence-corrected chi connectivity index (χ0v) is 20.5. The van der Waals surface area contributed by atoms with E-state index in [1.165, 1.54) is 0 Å². The Morgan fingerprint density at radius 1 is 0.917 bits per heavy atom. The summed E-state index contributed by atoms with van der Waals surface area (Å²) in [6.45, 7) is 3.89. The lowest BCUT2D eigenvalue weighted by Gasteiger charge is -2.35. The van der Waals surface area contributed by atoms with E-state index in [1.54, 1.807) is 19.1 Å². The number of benzene rings is 3. The number of rotatable bonds is 6. The van der Waals surface area contributed by atoms with Crippen LogP contribution in [0, 0.1) is 6.92 Å². The summed E-state index contributed by atoms with van der Waals surface area (Å²) < 4.78 is 16.7. The van der Waals surface area contributed by atoms with Gasteiger partial charge in [0.2, 0.25) is 5.82 Å². The van der Waals surface area contributed by atoms with Crippen LogP contribution in [0.3, 0.4) is 0 Å². The molecule has 36 heavy (non-hydrogen) atoms. The van der Waals surface area contributed by atoms with Gasteiger partial charge in [-0.2, -0.15) is 4.98 Å². The zero-order chi connectivity index (χ0) is 25.2. The number of methoxy groups -OCH3 is 2. The summed E-state index contributed by atoms with van der Waals surface area (Å²) in [7, 11) is 3.16. The maximum absolute atomic E-state index is 13.4. The number of aromatic nitrogens is 2. The molecule has 2 amide bonds. The molecule has 0 aliphatic carbocycles. The van der Waals surface area contributed by atoms with Gasteiger partial charge in [-0.3, -0.25) is 4.90 Å². The largest absolute Gasteiger partial charge is 0.493 e. The van der Waals surface area contributed by atoms with Crippen molar-refractivity contribution in [3.05, 3.63) is 95.5 Å². The van der Waals surface area contributed by atoms with Crippen LogP contribution in [0.4, 0.5) is 10.5 Å². The third-order valence-electron chi connectivity index (χ3n) is 6.17. The van der Waals surface area contributed by atoms with Gasteiger partial charge < -0.3 is 19.3 Å². The number of nitrogens with zero attached hydrogens (tertiary/aromatic N) is 3. The molecule has 0 spiro atoms. The van der Waals surface area contributed by atoms with Gasteiger partial charge in [0.1, 0.15) is 0 Å². The summed E-state index contributed by atoms with van der Waals surface area (Å²) in [6.07, 6.45) is 0. The average Bonchev–Trinajstić information content (AvgIpc) is 3.38. The highest BCUT2D eigenvalue weighted by Gasteiger charge is 2.36. The van der Waals surface area contributed by atoms with Crippen molar-refractivity contribution in [3.8, 4) is 22.9 Å². The van der Waals surface area contributed by atoms with Crippen molar-refractivity contribution in [2.45, 2.75) is 19.9 Å². The lowest BCUT2D eigenvalue weighted by molar-refractivity contribution is 0.244. The molecule has 1 unspecified atom stereocenters. The van der Waals surface area contributed by atoms with Crippen LogP contribution in [0.1, 0.15) is 30.0 Å². The standard InChI is InChI=1S/C28H26N4O4/c1-17-9-8-10-20(15-17)26-30-27(36-31-26)24-18(2)32(21-11-6-5-7-12-21)28(33)29-25(24)19-13-14-22(34-3)23(16-19)35-4/h5-16,25H,1-4H3,(H,29,33). The number of allylic oxidation sites excluding steroid dienone is 1. The molecule has 8 heteroatoms. The van der Waals surface area contributed by atoms with Gasteiger partial charge in [-0.05, 0) is 49.7 Å². The van der Waals surface area contributed by atoms with E-state index in [0.29, 0.717) is 34.5 Å². The number of urea groups is 1. The molecule has 0 saturated carbocycles. The summed E-state index contributed by atoms with van der Waals surface area (Å²) in [5, 5.41) is 7.36. The Morgan fingerprint density at radius 2 is 1.69 bits per heavy atom. The molecule has 0 saturated heterocycles. The first-order chi connectivity index (χ1) is 17.5. The molecule has 2 heterocycles. The van der Waals surface area contributed by atoms with E-state index < -0.39 is 6.04 Å². The first-order valence-corrected chi connectivity index (χ1v) is 11.5. The highest BCUT2D eigenvalue weighted by molar-refractivity contribution is 6.01. The Hall–Kier alpha value is -4.59. The quantitative estimate of drug-likeness (QED) is 0.376. The van der Waals surface area contributed by atoms with Gasteiger partial charge in [-0.1, -0.05) is 53.2 Å². The maximum Gasteiger partial charge on any atom is 0.326 e. The van der Waals surface area contributed by atoms with Gasteiger partial charge in [0.05, 0.1) is 31.5 Å². The van der Waals surface area contributed by atoms with Crippen LogP contribution < -0.4 is 19.7 Å². The fourth-order valence-corrected chi connectivity index (χ4v) is 4.42. The Labute approximate surface area is 209 Å². The number of carbonyl (C=O) groups excluding carboxylic acids is 1. The molecule has 0 bridgehead atoms. The number of aryl methyl sites for hydroxylation is 1. The van der Waals surface area contributed by atoms with Crippen molar-refractivity contribution in [2.75, 3.05) is 19.1 Å². The molecule has 1 aromatic heterocycles.